The minimum Gasteiger partial charge on any atom is -0.349 e. The summed E-state index contributed by atoms with van der Waals surface area (Å²) in [5.41, 5.74) is 1.58. The first-order valence-electron chi connectivity index (χ1n) is 8.85. The lowest BCUT2D eigenvalue weighted by atomic mass is 9.87. The van der Waals surface area contributed by atoms with Crippen LogP contribution in [0.1, 0.15) is 62.2 Å². The van der Waals surface area contributed by atoms with Gasteiger partial charge in [0.1, 0.15) is 0 Å². The van der Waals surface area contributed by atoms with Crippen molar-refractivity contribution in [2.75, 3.05) is 11.4 Å². The summed E-state index contributed by atoms with van der Waals surface area (Å²) in [6, 6.07) is 7.75. The van der Waals surface area contributed by atoms with Crippen molar-refractivity contribution in [2.24, 2.45) is 5.92 Å². The molecule has 0 radical (unpaired) electrons. The number of nitrogens with zero attached hydrogens (tertiary/aromatic N) is 1. The molecule has 4 nitrogen and oxygen atoms in total. The minimum atomic E-state index is 0.000575. The van der Waals surface area contributed by atoms with Crippen LogP contribution in [0.15, 0.2) is 24.3 Å². The van der Waals surface area contributed by atoms with Gasteiger partial charge in [0.2, 0.25) is 5.91 Å². The third-order valence-corrected chi connectivity index (χ3v) is 5.04. The van der Waals surface area contributed by atoms with Crippen LogP contribution in [-0.2, 0) is 4.79 Å². The Morgan fingerprint density at radius 3 is 2.61 bits per heavy atom. The van der Waals surface area contributed by atoms with Crippen LogP contribution in [-0.4, -0.2) is 24.4 Å². The summed E-state index contributed by atoms with van der Waals surface area (Å²) in [6.45, 7) is 3.03. The molecule has 0 bridgehead atoms. The highest BCUT2D eigenvalue weighted by Gasteiger charge is 2.22. The second kappa shape index (κ2) is 7.16. The summed E-state index contributed by atoms with van der Waals surface area (Å²) in [5.74, 6) is 0.881. The van der Waals surface area contributed by atoms with Gasteiger partial charge in [0.15, 0.2) is 0 Å². The molecule has 124 valence electrons. The summed E-state index contributed by atoms with van der Waals surface area (Å²) in [6.07, 6.45) is 7.28. The van der Waals surface area contributed by atoms with Crippen LogP contribution >= 0.6 is 0 Å². The van der Waals surface area contributed by atoms with E-state index in [0.29, 0.717) is 23.9 Å². The summed E-state index contributed by atoms with van der Waals surface area (Å²) in [4.78, 5) is 26.2. The van der Waals surface area contributed by atoms with Crippen LogP contribution in [0.3, 0.4) is 0 Å². The van der Waals surface area contributed by atoms with Gasteiger partial charge in [0.05, 0.1) is 0 Å². The average Bonchev–Trinajstić information content (AvgIpc) is 2.55. The van der Waals surface area contributed by atoms with Gasteiger partial charge in [-0.3, -0.25) is 9.59 Å². The lowest BCUT2D eigenvalue weighted by Gasteiger charge is -2.28. The van der Waals surface area contributed by atoms with Crippen molar-refractivity contribution < 1.29 is 9.59 Å². The molecule has 1 aliphatic carbocycles. The van der Waals surface area contributed by atoms with E-state index in [1.165, 1.54) is 12.8 Å². The maximum absolute atomic E-state index is 12.4. The molecule has 1 saturated carbocycles. The Labute approximate surface area is 138 Å². The normalized spacial score (nSPS) is 25.3. The Morgan fingerprint density at radius 1 is 1.13 bits per heavy atom. The Kier molecular flexibility index (Phi) is 4.99. The predicted octanol–water partition coefficient (Wildman–Crippen LogP) is 3.51. The van der Waals surface area contributed by atoms with Crippen molar-refractivity contribution >= 4 is 17.5 Å². The number of hydrogen-bond acceptors (Lipinski definition) is 2. The maximum Gasteiger partial charge on any atom is 0.251 e. The molecule has 2 amide bonds. The molecule has 1 aromatic rings. The summed E-state index contributed by atoms with van der Waals surface area (Å²) < 4.78 is 0. The van der Waals surface area contributed by atoms with Crippen molar-refractivity contribution in [2.45, 2.75) is 57.9 Å². The summed E-state index contributed by atoms with van der Waals surface area (Å²) in [7, 11) is 0. The smallest absolute Gasteiger partial charge is 0.251 e. The largest absolute Gasteiger partial charge is 0.349 e. The number of amides is 2. The van der Waals surface area contributed by atoms with Crippen LogP contribution in [0.2, 0.25) is 0 Å². The fraction of sp³-hybridized carbons (Fsp3) is 0.579. The van der Waals surface area contributed by atoms with E-state index < -0.39 is 0 Å². The fourth-order valence-electron chi connectivity index (χ4n) is 3.71. The van der Waals surface area contributed by atoms with Crippen molar-refractivity contribution in [3.8, 4) is 0 Å². The van der Waals surface area contributed by atoms with Crippen molar-refractivity contribution in [1.82, 2.24) is 5.32 Å². The summed E-state index contributed by atoms with van der Waals surface area (Å²) in [5, 5.41) is 3.15. The van der Waals surface area contributed by atoms with Gasteiger partial charge in [-0.15, -0.1) is 0 Å². The van der Waals surface area contributed by atoms with Gasteiger partial charge >= 0.3 is 0 Å². The number of rotatable bonds is 3. The molecule has 0 spiro atoms. The van der Waals surface area contributed by atoms with E-state index in [1.54, 1.807) is 0 Å². The van der Waals surface area contributed by atoms with E-state index in [-0.39, 0.29) is 11.8 Å². The number of benzene rings is 1. The van der Waals surface area contributed by atoms with E-state index in [1.807, 2.05) is 29.2 Å². The monoisotopic (exact) mass is 314 g/mol. The molecular weight excluding hydrogens is 288 g/mol. The van der Waals surface area contributed by atoms with Crippen LogP contribution < -0.4 is 10.2 Å². The SMILES string of the molecule is CC1CCCC(NC(=O)c2ccc(N3CCCCC3=O)cc2)C1. The molecule has 3 rings (SSSR count). The molecule has 2 aliphatic rings. The third-order valence-electron chi connectivity index (χ3n) is 5.04. The Balaban J connectivity index is 1.62. The van der Waals surface area contributed by atoms with E-state index in [0.717, 1.165) is 37.9 Å². The van der Waals surface area contributed by atoms with Crippen molar-refractivity contribution in [3.63, 3.8) is 0 Å². The van der Waals surface area contributed by atoms with Gasteiger partial charge < -0.3 is 10.2 Å². The van der Waals surface area contributed by atoms with E-state index in [9.17, 15) is 9.59 Å². The molecule has 2 fully saturated rings. The van der Waals surface area contributed by atoms with Crippen LogP contribution in [0, 0.1) is 5.92 Å². The molecule has 1 saturated heterocycles. The second-order valence-corrected chi connectivity index (χ2v) is 6.99. The van der Waals surface area contributed by atoms with Gasteiger partial charge in [0.25, 0.3) is 5.91 Å². The van der Waals surface area contributed by atoms with E-state index in [2.05, 4.69) is 12.2 Å². The van der Waals surface area contributed by atoms with Gasteiger partial charge in [-0.25, -0.2) is 0 Å². The average molecular weight is 314 g/mol. The number of nitrogens with one attached hydrogen (secondary N) is 1. The van der Waals surface area contributed by atoms with Crippen molar-refractivity contribution in [1.29, 1.82) is 0 Å². The zero-order valence-electron chi connectivity index (χ0n) is 13.9. The highest BCUT2D eigenvalue weighted by Crippen LogP contribution is 2.24. The van der Waals surface area contributed by atoms with Gasteiger partial charge in [0, 0.05) is 30.3 Å². The standard InChI is InChI=1S/C19H26N2O2/c1-14-5-4-6-16(13-14)20-19(23)15-8-10-17(11-9-15)21-12-3-2-7-18(21)22/h8-11,14,16H,2-7,12-13H2,1H3,(H,20,23). The third kappa shape index (κ3) is 3.92. The molecule has 2 atom stereocenters. The molecule has 2 unspecified atom stereocenters. The second-order valence-electron chi connectivity index (χ2n) is 6.99. The van der Waals surface area contributed by atoms with Crippen molar-refractivity contribution in [3.05, 3.63) is 29.8 Å². The van der Waals surface area contributed by atoms with E-state index >= 15 is 0 Å². The number of carbonyl (C=O) groups excluding carboxylic acids is 2. The highest BCUT2D eigenvalue weighted by atomic mass is 16.2. The quantitative estimate of drug-likeness (QED) is 0.928. The number of anilines is 1. The summed E-state index contributed by atoms with van der Waals surface area (Å²) >= 11 is 0. The van der Waals surface area contributed by atoms with Crippen LogP contribution in [0.4, 0.5) is 5.69 Å². The Bertz CT molecular complexity index is 567. The molecule has 0 aromatic heterocycles. The fourth-order valence-corrected chi connectivity index (χ4v) is 3.71. The number of piperidine rings is 1. The highest BCUT2D eigenvalue weighted by molar-refractivity contribution is 5.97. The maximum atomic E-state index is 12.4. The lowest BCUT2D eigenvalue weighted by molar-refractivity contribution is -0.119. The number of carbonyl (C=O) groups is 2. The Hall–Kier alpha value is -1.84. The molecule has 1 N–H and O–H groups in total. The minimum absolute atomic E-state index is 0.000575. The lowest BCUT2D eigenvalue weighted by Crippen LogP contribution is -2.38. The van der Waals surface area contributed by atoms with Gasteiger partial charge in [-0.05, 0) is 55.9 Å². The Morgan fingerprint density at radius 2 is 1.91 bits per heavy atom. The molecular formula is C19H26N2O2. The first-order valence-corrected chi connectivity index (χ1v) is 8.85. The zero-order chi connectivity index (χ0) is 16.2. The molecule has 1 aromatic carbocycles. The number of hydrogen-bond donors (Lipinski definition) is 1. The van der Waals surface area contributed by atoms with Crippen LogP contribution in [0.5, 0.6) is 0 Å². The van der Waals surface area contributed by atoms with Gasteiger partial charge in [-0.2, -0.15) is 0 Å². The van der Waals surface area contributed by atoms with Crippen LogP contribution in [0.25, 0.3) is 0 Å². The molecule has 1 heterocycles. The first kappa shape index (κ1) is 16.0. The topological polar surface area (TPSA) is 49.4 Å². The van der Waals surface area contributed by atoms with E-state index in [4.69, 9.17) is 0 Å². The van der Waals surface area contributed by atoms with Gasteiger partial charge in [-0.1, -0.05) is 19.8 Å². The first-order chi connectivity index (χ1) is 11.1. The molecule has 23 heavy (non-hydrogen) atoms. The predicted molar refractivity (Wildman–Crippen MR) is 91.5 cm³/mol. The zero-order valence-corrected chi connectivity index (χ0v) is 13.9. The molecule has 4 heteroatoms. The molecule has 1 aliphatic heterocycles.